The molecule has 0 saturated heterocycles. The minimum atomic E-state index is 0.574. The number of oxazole rings is 1. The molecule has 11 rings (SSSR count). The quantitative estimate of drug-likeness (QED) is 0.183. The zero-order valence-electron chi connectivity index (χ0n) is 27.8. The van der Waals surface area contributed by atoms with Crippen molar-refractivity contribution < 1.29 is 13.3 Å². The predicted octanol–water partition coefficient (Wildman–Crippen LogP) is 13.6. The maximum Gasteiger partial charge on any atom is 0.228 e. The monoisotopic (exact) mass is 668 g/mol. The van der Waals surface area contributed by atoms with Crippen LogP contribution in [0.15, 0.2) is 183 Å². The lowest BCUT2D eigenvalue weighted by atomic mass is 10.0. The van der Waals surface area contributed by atoms with Gasteiger partial charge in [-0.1, -0.05) is 91.0 Å². The average molecular weight is 669 g/mol. The van der Waals surface area contributed by atoms with E-state index in [1.807, 2.05) is 60.7 Å². The van der Waals surface area contributed by atoms with E-state index in [9.17, 15) is 0 Å². The van der Waals surface area contributed by atoms with Crippen LogP contribution in [-0.4, -0.2) is 4.98 Å². The molecule has 0 N–H and O–H groups in total. The highest BCUT2D eigenvalue weighted by Crippen LogP contribution is 2.45. The second-order valence-electron chi connectivity index (χ2n) is 13.1. The Balaban J connectivity index is 1.09. The third-order valence-electron chi connectivity index (χ3n) is 10.1. The van der Waals surface area contributed by atoms with E-state index < -0.39 is 0 Å². The molecular formula is C47H28N2O3. The third kappa shape index (κ3) is 4.46. The minimum Gasteiger partial charge on any atom is -0.456 e. The summed E-state index contributed by atoms with van der Waals surface area (Å²) >= 11 is 0. The molecule has 3 aromatic heterocycles. The lowest BCUT2D eigenvalue weighted by molar-refractivity contribution is 0.620. The van der Waals surface area contributed by atoms with Gasteiger partial charge in [0.25, 0.3) is 0 Å². The molecule has 11 aromatic rings. The van der Waals surface area contributed by atoms with Crippen molar-refractivity contribution >= 4 is 82.8 Å². The van der Waals surface area contributed by atoms with E-state index in [0.29, 0.717) is 5.89 Å². The maximum absolute atomic E-state index is 6.59. The van der Waals surface area contributed by atoms with Crippen molar-refractivity contribution in [3.05, 3.63) is 170 Å². The number of fused-ring (bicyclic) bond motifs is 8. The number of hydrogen-bond donors (Lipinski definition) is 0. The van der Waals surface area contributed by atoms with Crippen LogP contribution in [0, 0.1) is 0 Å². The number of aromatic nitrogens is 1. The Morgan fingerprint density at radius 1 is 0.404 bits per heavy atom. The van der Waals surface area contributed by atoms with Crippen LogP contribution in [-0.2, 0) is 0 Å². The summed E-state index contributed by atoms with van der Waals surface area (Å²) in [6.45, 7) is 0. The summed E-state index contributed by atoms with van der Waals surface area (Å²) < 4.78 is 19.2. The molecular weight excluding hydrogens is 641 g/mol. The number of nitrogens with zero attached hydrogens (tertiary/aromatic N) is 2. The van der Waals surface area contributed by atoms with Gasteiger partial charge in [-0.15, -0.1) is 0 Å². The van der Waals surface area contributed by atoms with Gasteiger partial charge in [-0.05, 0) is 94.7 Å². The molecule has 0 fully saturated rings. The van der Waals surface area contributed by atoms with Gasteiger partial charge in [-0.3, -0.25) is 0 Å². The molecule has 0 spiro atoms. The van der Waals surface area contributed by atoms with Gasteiger partial charge in [0.05, 0.1) is 11.1 Å². The number of anilines is 3. The summed E-state index contributed by atoms with van der Waals surface area (Å²) in [6.07, 6.45) is 0. The summed E-state index contributed by atoms with van der Waals surface area (Å²) in [5, 5.41) is 6.55. The fourth-order valence-electron chi connectivity index (χ4n) is 7.66. The molecule has 5 nitrogen and oxygen atoms in total. The van der Waals surface area contributed by atoms with E-state index in [4.69, 9.17) is 18.2 Å². The first-order chi connectivity index (χ1) is 25.7. The van der Waals surface area contributed by atoms with Gasteiger partial charge in [-0.25, -0.2) is 4.98 Å². The Kier molecular flexibility index (Phi) is 6.18. The van der Waals surface area contributed by atoms with Crippen LogP contribution < -0.4 is 4.90 Å². The predicted molar refractivity (Wildman–Crippen MR) is 212 cm³/mol. The molecule has 0 amide bonds. The molecule has 0 aliphatic heterocycles. The standard InChI is InChI=1S/C47H28N2O3/c1-2-10-31-27-32(20-19-29(31)9-1)30-21-23-33(24-22-30)49(39-14-8-18-43-46(39)35-11-3-5-15-40(35)50-43)34-25-26-36-44(28-34)51-42-17-7-12-37(45(36)42)47-48-38-13-4-6-16-41(38)52-47/h1-28H. The van der Waals surface area contributed by atoms with Gasteiger partial charge < -0.3 is 18.2 Å². The van der Waals surface area contributed by atoms with E-state index >= 15 is 0 Å². The van der Waals surface area contributed by atoms with Crippen molar-refractivity contribution in [3.63, 3.8) is 0 Å². The average Bonchev–Trinajstić information content (AvgIpc) is 3.91. The van der Waals surface area contributed by atoms with Gasteiger partial charge >= 0.3 is 0 Å². The molecule has 244 valence electrons. The molecule has 5 heteroatoms. The van der Waals surface area contributed by atoms with Crippen LogP contribution in [0.5, 0.6) is 0 Å². The fourth-order valence-corrected chi connectivity index (χ4v) is 7.66. The van der Waals surface area contributed by atoms with Crippen molar-refractivity contribution in [2.24, 2.45) is 0 Å². The first-order valence-corrected chi connectivity index (χ1v) is 17.4. The minimum absolute atomic E-state index is 0.574. The molecule has 3 heterocycles. The van der Waals surface area contributed by atoms with E-state index in [-0.39, 0.29) is 0 Å². The normalized spacial score (nSPS) is 11.8. The highest BCUT2D eigenvalue weighted by molar-refractivity contribution is 6.15. The summed E-state index contributed by atoms with van der Waals surface area (Å²) in [5.74, 6) is 0.574. The molecule has 0 aliphatic rings. The van der Waals surface area contributed by atoms with E-state index in [2.05, 4.69) is 114 Å². The maximum atomic E-state index is 6.59. The second kappa shape index (κ2) is 11.2. The fraction of sp³-hybridized carbons (Fsp3) is 0. The van der Waals surface area contributed by atoms with Crippen LogP contribution in [0.3, 0.4) is 0 Å². The first-order valence-electron chi connectivity index (χ1n) is 17.4. The van der Waals surface area contributed by atoms with E-state index in [1.165, 1.54) is 16.3 Å². The lowest BCUT2D eigenvalue weighted by Gasteiger charge is -2.26. The second-order valence-corrected chi connectivity index (χ2v) is 13.1. The van der Waals surface area contributed by atoms with Crippen LogP contribution in [0.1, 0.15) is 0 Å². The highest BCUT2D eigenvalue weighted by atomic mass is 16.4. The topological polar surface area (TPSA) is 55.6 Å². The Bertz CT molecular complexity index is 3110. The third-order valence-corrected chi connectivity index (χ3v) is 10.1. The smallest absolute Gasteiger partial charge is 0.228 e. The molecule has 0 bridgehead atoms. The van der Waals surface area contributed by atoms with Crippen molar-refractivity contribution in [1.29, 1.82) is 0 Å². The van der Waals surface area contributed by atoms with Gasteiger partial charge in [0.2, 0.25) is 5.89 Å². The first kappa shape index (κ1) is 28.7. The van der Waals surface area contributed by atoms with E-state index in [0.717, 1.165) is 83.2 Å². The summed E-state index contributed by atoms with van der Waals surface area (Å²) in [7, 11) is 0. The highest BCUT2D eigenvalue weighted by Gasteiger charge is 2.22. The van der Waals surface area contributed by atoms with Gasteiger partial charge in [0.1, 0.15) is 27.8 Å². The zero-order chi connectivity index (χ0) is 34.2. The zero-order valence-corrected chi connectivity index (χ0v) is 27.8. The van der Waals surface area contributed by atoms with Gasteiger partial charge in [0, 0.05) is 39.2 Å². The Morgan fingerprint density at radius 3 is 1.96 bits per heavy atom. The number of benzene rings is 8. The van der Waals surface area contributed by atoms with Crippen LogP contribution in [0.4, 0.5) is 17.1 Å². The van der Waals surface area contributed by atoms with Gasteiger partial charge in [-0.2, -0.15) is 0 Å². The van der Waals surface area contributed by atoms with Crippen molar-refractivity contribution in [3.8, 4) is 22.6 Å². The summed E-state index contributed by atoms with van der Waals surface area (Å²) in [4.78, 5) is 7.11. The number of hydrogen-bond acceptors (Lipinski definition) is 5. The molecule has 0 saturated carbocycles. The van der Waals surface area contributed by atoms with Crippen molar-refractivity contribution in [2.75, 3.05) is 4.90 Å². The molecule has 0 radical (unpaired) electrons. The molecule has 0 aliphatic carbocycles. The summed E-state index contributed by atoms with van der Waals surface area (Å²) in [6, 6.07) is 58.7. The molecule has 0 unspecified atom stereocenters. The van der Waals surface area contributed by atoms with Crippen LogP contribution in [0.25, 0.3) is 88.3 Å². The lowest BCUT2D eigenvalue weighted by Crippen LogP contribution is -2.10. The number of para-hydroxylation sites is 3. The number of furan rings is 2. The van der Waals surface area contributed by atoms with Crippen LogP contribution >= 0.6 is 0 Å². The van der Waals surface area contributed by atoms with Crippen LogP contribution in [0.2, 0.25) is 0 Å². The number of rotatable bonds is 5. The Hall–Kier alpha value is -7.11. The molecule has 0 atom stereocenters. The largest absolute Gasteiger partial charge is 0.456 e. The SMILES string of the molecule is c1ccc2cc(-c3ccc(N(c4ccc5c(c4)oc4cccc(-c6nc7ccccc7o6)c45)c4cccc5oc6ccccc6c45)cc3)ccc2c1. The Morgan fingerprint density at radius 2 is 1.08 bits per heavy atom. The molecule has 52 heavy (non-hydrogen) atoms. The molecule has 8 aromatic carbocycles. The van der Waals surface area contributed by atoms with Crippen molar-refractivity contribution in [1.82, 2.24) is 4.98 Å². The van der Waals surface area contributed by atoms with E-state index in [1.54, 1.807) is 0 Å². The Labute approximate surface area is 297 Å². The summed E-state index contributed by atoms with van der Waals surface area (Å²) in [5.41, 5.74) is 11.1. The van der Waals surface area contributed by atoms with Crippen molar-refractivity contribution in [2.45, 2.75) is 0 Å². The van der Waals surface area contributed by atoms with Gasteiger partial charge in [0.15, 0.2) is 5.58 Å².